The van der Waals surface area contributed by atoms with Gasteiger partial charge in [0.2, 0.25) is 5.95 Å². The highest BCUT2D eigenvalue weighted by Gasteiger charge is 2.21. The van der Waals surface area contributed by atoms with E-state index in [-0.39, 0.29) is 24.0 Å². The molecule has 0 spiro atoms. The van der Waals surface area contributed by atoms with E-state index in [9.17, 15) is 8.42 Å². The number of nitrogens with one attached hydrogen (secondary N) is 1. The molecule has 1 saturated heterocycles. The average molecular weight is 530 g/mol. The third kappa shape index (κ3) is 6.53. The van der Waals surface area contributed by atoms with E-state index in [0.29, 0.717) is 11.4 Å². The van der Waals surface area contributed by atoms with Crippen LogP contribution < -0.4 is 10.2 Å². The van der Waals surface area contributed by atoms with Crippen LogP contribution >= 0.6 is 24.0 Å². The zero-order chi connectivity index (χ0) is 20.0. The van der Waals surface area contributed by atoms with Gasteiger partial charge < -0.3 is 15.1 Å². The minimum atomic E-state index is -3.18. The van der Waals surface area contributed by atoms with Crippen molar-refractivity contribution in [3.63, 3.8) is 0 Å². The van der Waals surface area contributed by atoms with Crippen molar-refractivity contribution in [2.45, 2.75) is 18.4 Å². The van der Waals surface area contributed by atoms with Gasteiger partial charge in [0, 0.05) is 51.4 Å². The van der Waals surface area contributed by atoms with Crippen molar-refractivity contribution in [1.29, 1.82) is 0 Å². The second kappa shape index (κ2) is 10.7. The zero-order valence-electron chi connectivity index (χ0n) is 16.7. The molecule has 0 amide bonds. The Bertz CT molecular complexity index is 898. The highest BCUT2D eigenvalue weighted by molar-refractivity contribution is 14.0. The van der Waals surface area contributed by atoms with Gasteiger partial charge in [-0.3, -0.25) is 0 Å². The highest BCUT2D eigenvalue weighted by Crippen LogP contribution is 2.12. The molecule has 2 aromatic rings. The Morgan fingerprint density at radius 1 is 1.10 bits per heavy atom. The summed E-state index contributed by atoms with van der Waals surface area (Å²) in [5.74, 6) is 1.62. The number of guanidine groups is 1. The van der Waals surface area contributed by atoms with Crippen LogP contribution in [0.15, 0.2) is 52.6 Å². The van der Waals surface area contributed by atoms with Crippen LogP contribution in [0.4, 0.5) is 5.95 Å². The molecule has 29 heavy (non-hydrogen) atoms. The number of hydrogen-bond acceptors (Lipinski definition) is 6. The Balaban J connectivity index is 0.00000300. The first kappa shape index (κ1) is 23.3. The Hall–Kier alpha value is -1.95. The van der Waals surface area contributed by atoms with E-state index in [0.717, 1.165) is 50.2 Å². The van der Waals surface area contributed by atoms with Crippen LogP contribution in [-0.4, -0.2) is 68.2 Å². The van der Waals surface area contributed by atoms with E-state index in [1.807, 2.05) is 25.1 Å². The first-order valence-electron chi connectivity index (χ1n) is 9.31. The maximum Gasteiger partial charge on any atom is 0.225 e. The largest absolute Gasteiger partial charge is 0.357 e. The van der Waals surface area contributed by atoms with Gasteiger partial charge in [-0.1, -0.05) is 12.1 Å². The van der Waals surface area contributed by atoms with E-state index < -0.39 is 9.84 Å². The smallest absolute Gasteiger partial charge is 0.225 e. The lowest BCUT2D eigenvalue weighted by Crippen LogP contribution is -2.52. The van der Waals surface area contributed by atoms with Crippen LogP contribution in [-0.2, 0) is 16.4 Å². The maximum atomic E-state index is 11.6. The van der Waals surface area contributed by atoms with E-state index in [1.165, 1.54) is 6.26 Å². The Labute approximate surface area is 189 Å². The number of rotatable bonds is 5. The van der Waals surface area contributed by atoms with E-state index in [1.54, 1.807) is 24.5 Å². The van der Waals surface area contributed by atoms with Crippen LogP contribution in [0.5, 0.6) is 0 Å². The molecule has 2 heterocycles. The molecule has 10 heteroatoms. The summed E-state index contributed by atoms with van der Waals surface area (Å²) in [5.41, 5.74) is 0.971. The van der Waals surface area contributed by atoms with Crippen molar-refractivity contribution in [2.24, 2.45) is 4.99 Å². The maximum absolute atomic E-state index is 11.6. The van der Waals surface area contributed by atoms with Crippen molar-refractivity contribution >= 4 is 45.7 Å². The first-order chi connectivity index (χ1) is 13.5. The predicted molar refractivity (Wildman–Crippen MR) is 126 cm³/mol. The summed E-state index contributed by atoms with van der Waals surface area (Å²) < 4.78 is 23.1. The summed E-state index contributed by atoms with van der Waals surface area (Å²) in [4.78, 5) is 18.1. The summed E-state index contributed by atoms with van der Waals surface area (Å²) in [6, 6.07) is 8.71. The molecular formula is C19H27IN6O2S. The summed E-state index contributed by atoms with van der Waals surface area (Å²) in [7, 11) is -3.18. The lowest BCUT2D eigenvalue weighted by Gasteiger charge is -2.36. The molecule has 0 bridgehead atoms. The van der Waals surface area contributed by atoms with Crippen LogP contribution in [0.25, 0.3) is 0 Å². The second-order valence-corrected chi connectivity index (χ2v) is 8.62. The predicted octanol–water partition coefficient (Wildman–Crippen LogP) is 1.79. The normalized spacial score (nSPS) is 15.0. The monoisotopic (exact) mass is 530 g/mol. The first-order valence-corrected chi connectivity index (χ1v) is 11.2. The van der Waals surface area contributed by atoms with Gasteiger partial charge in [0.05, 0.1) is 11.4 Å². The number of hydrogen-bond donors (Lipinski definition) is 1. The molecule has 1 aliphatic heterocycles. The molecular weight excluding hydrogens is 503 g/mol. The molecule has 1 aliphatic rings. The molecule has 0 radical (unpaired) electrons. The van der Waals surface area contributed by atoms with Gasteiger partial charge in [0.1, 0.15) is 0 Å². The lowest BCUT2D eigenvalue weighted by atomic mass is 10.2. The molecule has 3 rings (SSSR count). The molecule has 158 valence electrons. The number of piperazine rings is 1. The van der Waals surface area contributed by atoms with Gasteiger partial charge in [0.15, 0.2) is 15.8 Å². The van der Waals surface area contributed by atoms with Gasteiger partial charge in [-0.2, -0.15) is 0 Å². The second-order valence-electron chi connectivity index (χ2n) is 6.61. The zero-order valence-corrected chi connectivity index (χ0v) is 19.8. The Kier molecular flexibility index (Phi) is 8.62. The van der Waals surface area contributed by atoms with Crippen molar-refractivity contribution in [3.05, 3.63) is 48.3 Å². The molecule has 1 aromatic heterocycles. The van der Waals surface area contributed by atoms with E-state index in [2.05, 4.69) is 25.1 Å². The van der Waals surface area contributed by atoms with Gasteiger partial charge in [-0.05, 0) is 30.7 Å². The van der Waals surface area contributed by atoms with E-state index >= 15 is 0 Å². The molecule has 0 atom stereocenters. The number of benzene rings is 1. The molecule has 8 nitrogen and oxygen atoms in total. The number of halogens is 1. The highest BCUT2D eigenvalue weighted by atomic mass is 127. The molecule has 0 saturated carbocycles. The van der Waals surface area contributed by atoms with Crippen molar-refractivity contribution < 1.29 is 8.42 Å². The number of nitrogens with zero attached hydrogens (tertiary/aromatic N) is 5. The molecule has 0 unspecified atom stereocenters. The minimum Gasteiger partial charge on any atom is -0.357 e. The third-order valence-corrected chi connectivity index (χ3v) is 5.64. The van der Waals surface area contributed by atoms with Gasteiger partial charge in [0.25, 0.3) is 0 Å². The van der Waals surface area contributed by atoms with Crippen molar-refractivity contribution in [3.8, 4) is 0 Å². The fourth-order valence-electron chi connectivity index (χ4n) is 3.01. The molecule has 1 aromatic carbocycles. The quantitative estimate of drug-likeness (QED) is 0.358. The molecule has 1 N–H and O–H groups in total. The third-order valence-electron chi connectivity index (χ3n) is 4.51. The topological polar surface area (TPSA) is 90.8 Å². The fourth-order valence-corrected chi connectivity index (χ4v) is 3.64. The van der Waals surface area contributed by atoms with Gasteiger partial charge in [-0.15, -0.1) is 24.0 Å². The van der Waals surface area contributed by atoms with Crippen LogP contribution in [0, 0.1) is 0 Å². The molecule has 1 fully saturated rings. The summed E-state index contributed by atoms with van der Waals surface area (Å²) in [6.07, 6.45) is 4.73. The Morgan fingerprint density at radius 3 is 2.28 bits per heavy atom. The van der Waals surface area contributed by atoms with Crippen molar-refractivity contribution in [1.82, 2.24) is 20.2 Å². The SMILES string of the molecule is CCNC(=NCc1ccc(S(C)(=O)=O)cc1)N1CCN(c2ncccn2)CC1.I. The standard InChI is InChI=1S/C19H26N6O2S.HI/c1-3-20-18(23-15-16-5-7-17(8-6-16)28(2,26)27)24-11-13-25(14-12-24)19-21-9-4-10-22-19;/h4-10H,3,11-15H2,1-2H3,(H,20,23);1H. The van der Waals surface area contributed by atoms with Crippen LogP contribution in [0.2, 0.25) is 0 Å². The summed E-state index contributed by atoms with van der Waals surface area (Å²) in [6.45, 7) is 6.65. The summed E-state index contributed by atoms with van der Waals surface area (Å²) >= 11 is 0. The lowest BCUT2D eigenvalue weighted by molar-refractivity contribution is 0.370. The number of aromatic nitrogens is 2. The number of sulfone groups is 1. The molecule has 0 aliphatic carbocycles. The minimum absolute atomic E-state index is 0. The van der Waals surface area contributed by atoms with E-state index in [4.69, 9.17) is 4.99 Å². The van der Waals surface area contributed by atoms with Crippen molar-refractivity contribution in [2.75, 3.05) is 43.9 Å². The fraction of sp³-hybridized carbons (Fsp3) is 0.421. The van der Waals surface area contributed by atoms with Crippen LogP contribution in [0.3, 0.4) is 0 Å². The van der Waals surface area contributed by atoms with Gasteiger partial charge in [-0.25, -0.2) is 23.4 Å². The number of aliphatic imine (C=N–C) groups is 1. The van der Waals surface area contributed by atoms with Crippen LogP contribution in [0.1, 0.15) is 12.5 Å². The van der Waals surface area contributed by atoms with Gasteiger partial charge >= 0.3 is 0 Å². The average Bonchev–Trinajstić information content (AvgIpc) is 2.71. The summed E-state index contributed by atoms with van der Waals surface area (Å²) in [5, 5.41) is 3.34. The Morgan fingerprint density at radius 2 is 1.72 bits per heavy atom. The number of anilines is 1.